The third-order valence-corrected chi connectivity index (χ3v) is 4.25. The van der Waals surface area contributed by atoms with E-state index < -0.39 is 5.97 Å². The quantitative estimate of drug-likeness (QED) is 0.519. The summed E-state index contributed by atoms with van der Waals surface area (Å²) in [4.78, 5) is 27.5. The number of halogens is 1. The topological polar surface area (TPSA) is 68.4 Å². The maximum Gasteiger partial charge on any atom is 0.344 e. The molecule has 26 heavy (non-hydrogen) atoms. The number of carbonyl (C=O) groups excluding carboxylic acids is 2. The lowest BCUT2D eigenvalue weighted by Gasteiger charge is -2.09. The van der Waals surface area contributed by atoms with Crippen molar-refractivity contribution < 1.29 is 19.1 Å². The predicted octanol–water partition coefficient (Wildman–Crippen LogP) is 4.24. The summed E-state index contributed by atoms with van der Waals surface area (Å²) in [6, 6.07) is 12.6. The molecule has 6 heteroatoms. The highest BCUT2D eigenvalue weighted by molar-refractivity contribution is 6.30. The van der Waals surface area contributed by atoms with Gasteiger partial charge in [-0.25, -0.2) is 4.79 Å². The summed E-state index contributed by atoms with van der Waals surface area (Å²) >= 11 is 5.88. The summed E-state index contributed by atoms with van der Waals surface area (Å²) in [5, 5.41) is 1.41. The van der Waals surface area contributed by atoms with Gasteiger partial charge in [-0.3, -0.25) is 4.79 Å². The van der Waals surface area contributed by atoms with E-state index in [9.17, 15) is 9.59 Å². The molecule has 0 aliphatic rings. The van der Waals surface area contributed by atoms with Gasteiger partial charge in [0.1, 0.15) is 5.75 Å². The lowest BCUT2D eigenvalue weighted by molar-refractivity contribution is -0.144. The minimum absolute atomic E-state index is 0.254. The number of esters is 1. The van der Waals surface area contributed by atoms with E-state index >= 15 is 0 Å². The first-order valence-corrected chi connectivity index (χ1v) is 8.48. The highest BCUT2D eigenvalue weighted by Gasteiger charge is 2.17. The van der Waals surface area contributed by atoms with E-state index in [0.717, 1.165) is 22.2 Å². The molecule has 1 heterocycles. The van der Waals surface area contributed by atoms with Crippen LogP contribution in [-0.4, -0.2) is 30.0 Å². The van der Waals surface area contributed by atoms with Crippen LogP contribution in [0.25, 0.3) is 10.9 Å². The zero-order chi connectivity index (χ0) is 18.7. The average Bonchev–Trinajstić information content (AvgIpc) is 2.94. The van der Waals surface area contributed by atoms with E-state index in [0.29, 0.717) is 16.3 Å². The molecule has 0 aliphatic heterocycles. The van der Waals surface area contributed by atoms with Crippen LogP contribution in [0, 0.1) is 13.8 Å². The molecule has 0 unspecified atom stereocenters. The van der Waals surface area contributed by atoms with Crippen molar-refractivity contribution in [1.29, 1.82) is 0 Å². The molecule has 3 aromatic rings. The smallest absolute Gasteiger partial charge is 0.344 e. The summed E-state index contributed by atoms with van der Waals surface area (Å²) in [6.45, 7) is 3.05. The van der Waals surface area contributed by atoms with Gasteiger partial charge < -0.3 is 14.5 Å². The fourth-order valence-corrected chi connectivity index (χ4v) is 3.03. The van der Waals surface area contributed by atoms with Gasteiger partial charge >= 0.3 is 5.97 Å². The van der Waals surface area contributed by atoms with Gasteiger partial charge in [-0.1, -0.05) is 29.8 Å². The molecule has 2 aromatic carbocycles. The third kappa shape index (κ3) is 3.89. The molecular weight excluding hydrogens is 354 g/mol. The first-order chi connectivity index (χ1) is 12.5. The zero-order valence-corrected chi connectivity index (χ0v) is 15.2. The number of benzene rings is 2. The molecule has 134 valence electrons. The van der Waals surface area contributed by atoms with Gasteiger partial charge in [0, 0.05) is 27.2 Å². The summed E-state index contributed by atoms with van der Waals surface area (Å²) < 4.78 is 10.5. The summed E-state index contributed by atoms with van der Waals surface area (Å²) in [5.74, 6) is -0.314. The van der Waals surface area contributed by atoms with Gasteiger partial charge in [0.25, 0.3) is 0 Å². The van der Waals surface area contributed by atoms with E-state index in [1.54, 1.807) is 18.2 Å². The fourth-order valence-electron chi connectivity index (χ4n) is 2.81. The number of aromatic amines is 1. The van der Waals surface area contributed by atoms with Crippen molar-refractivity contribution in [3.05, 3.63) is 64.3 Å². The van der Waals surface area contributed by atoms with Gasteiger partial charge in [-0.05, 0) is 43.7 Å². The molecule has 0 atom stereocenters. The van der Waals surface area contributed by atoms with E-state index in [2.05, 4.69) is 4.98 Å². The first kappa shape index (κ1) is 18.0. The van der Waals surface area contributed by atoms with Crippen LogP contribution < -0.4 is 4.74 Å². The molecule has 0 amide bonds. The summed E-state index contributed by atoms with van der Waals surface area (Å²) in [7, 11) is 0. The number of nitrogens with one attached hydrogen (secondary N) is 1. The van der Waals surface area contributed by atoms with Crippen molar-refractivity contribution >= 4 is 34.3 Å². The van der Waals surface area contributed by atoms with Crippen molar-refractivity contribution in [3.63, 3.8) is 0 Å². The van der Waals surface area contributed by atoms with Crippen LogP contribution in [0.2, 0.25) is 5.02 Å². The Morgan fingerprint density at radius 3 is 2.62 bits per heavy atom. The monoisotopic (exact) mass is 371 g/mol. The van der Waals surface area contributed by atoms with Crippen LogP contribution in [0.15, 0.2) is 42.5 Å². The highest BCUT2D eigenvalue weighted by Crippen LogP contribution is 2.23. The average molecular weight is 372 g/mol. The lowest BCUT2D eigenvalue weighted by Crippen LogP contribution is -2.20. The van der Waals surface area contributed by atoms with Crippen LogP contribution in [0.5, 0.6) is 5.75 Å². The largest absolute Gasteiger partial charge is 0.482 e. The van der Waals surface area contributed by atoms with Crippen LogP contribution in [-0.2, 0) is 9.53 Å². The van der Waals surface area contributed by atoms with Crippen LogP contribution >= 0.6 is 11.6 Å². The molecule has 0 saturated heterocycles. The Labute approximate surface area is 155 Å². The Balaban J connectivity index is 1.58. The molecular formula is C20H18ClNO4. The minimum atomic E-state index is -0.606. The molecule has 0 spiro atoms. The number of carbonyl (C=O) groups is 2. The number of ketones is 1. The normalized spacial score (nSPS) is 10.7. The second-order valence-corrected chi connectivity index (χ2v) is 6.39. The van der Waals surface area contributed by atoms with E-state index in [1.165, 1.54) is 0 Å². The van der Waals surface area contributed by atoms with Crippen LogP contribution in [0.4, 0.5) is 0 Å². The number of H-pyrrole nitrogens is 1. The van der Waals surface area contributed by atoms with Crippen molar-refractivity contribution in [2.75, 3.05) is 13.2 Å². The standard InChI is InChI=1S/C20H18ClNO4/c1-12-9-14(21)7-8-18(12)25-11-19(24)26-10-17(23)20-13(2)22-16-6-4-3-5-15(16)20/h3-9,22H,10-11H2,1-2H3. The first-order valence-electron chi connectivity index (χ1n) is 8.11. The number of para-hydroxylation sites is 1. The maximum atomic E-state index is 12.5. The second kappa shape index (κ2) is 7.62. The Morgan fingerprint density at radius 1 is 1.08 bits per heavy atom. The number of aryl methyl sites for hydroxylation is 2. The Kier molecular flexibility index (Phi) is 5.28. The number of rotatable bonds is 6. The van der Waals surface area contributed by atoms with Crippen molar-refractivity contribution in [1.82, 2.24) is 4.98 Å². The molecule has 0 radical (unpaired) electrons. The van der Waals surface area contributed by atoms with Crippen molar-refractivity contribution in [2.24, 2.45) is 0 Å². The number of Topliss-reactive ketones (excluding diaryl/α,β-unsaturated/α-hetero) is 1. The van der Waals surface area contributed by atoms with E-state index in [-0.39, 0.29) is 19.0 Å². The summed E-state index contributed by atoms with van der Waals surface area (Å²) in [5.41, 5.74) is 2.99. The molecule has 0 fully saturated rings. The number of aromatic nitrogens is 1. The number of fused-ring (bicyclic) bond motifs is 1. The molecule has 0 saturated carbocycles. The van der Waals surface area contributed by atoms with Crippen LogP contribution in [0.3, 0.4) is 0 Å². The Bertz CT molecular complexity index is 977. The van der Waals surface area contributed by atoms with Gasteiger partial charge in [-0.15, -0.1) is 0 Å². The Morgan fingerprint density at radius 2 is 1.85 bits per heavy atom. The molecule has 5 nitrogen and oxygen atoms in total. The fraction of sp³-hybridized carbons (Fsp3) is 0.200. The maximum absolute atomic E-state index is 12.5. The third-order valence-electron chi connectivity index (χ3n) is 4.02. The summed E-state index contributed by atoms with van der Waals surface area (Å²) in [6.07, 6.45) is 0. The van der Waals surface area contributed by atoms with Crippen molar-refractivity contribution in [3.8, 4) is 5.75 Å². The van der Waals surface area contributed by atoms with E-state index in [1.807, 2.05) is 38.1 Å². The number of ether oxygens (including phenoxy) is 2. The number of hydrogen-bond donors (Lipinski definition) is 1. The van der Waals surface area contributed by atoms with Crippen LogP contribution in [0.1, 0.15) is 21.6 Å². The lowest BCUT2D eigenvalue weighted by atomic mass is 10.1. The van der Waals surface area contributed by atoms with Gasteiger partial charge in [0.2, 0.25) is 5.78 Å². The van der Waals surface area contributed by atoms with Gasteiger partial charge in [0.15, 0.2) is 13.2 Å². The number of hydrogen-bond acceptors (Lipinski definition) is 4. The SMILES string of the molecule is Cc1cc(Cl)ccc1OCC(=O)OCC(=O)c1c(C)[nH]c2ccccc12. The zero-order valence-electron chi connectivity index (χ0n) is 14.5. The van der Waals surface area contributed by atoms with Crippen molar-refractivity contribution in [2.45, 2.75) is 13.8 Å². The highest BCUT2D eigenvalue weighted by atomic mass is 35.5. The van der Waals surface area contributed by atoms with Gasteiger partial charge in [0.05, 0.1) is 0 Å². The van der Waals surface area contributed by atoms with Gasteiger partial charge in [-0.2, -0.15) is 0 Å². The molecule has 1 N–H and O–H groups in total. The minimum Gasteiger partial charge on any atom is -0.482 e. The second-order valence-electron chi connectivity index (χ2n) is 5.95. The predicted molar refractivity (Wildman–Crippen MR) is 100 cm³/mol. The molecule has 0 bridgehead atoms. The molecule has 0 aliphatic carbocycles. The molecule has 3 rings (SSSR count). The molecule has 1 aromatic heterocycles. The Hall–Kier alpha value is -2.79. The van der Waals surface area contributed by atoms with E-state index in [4.69, 9.17) is 21.1 Å².